The van der Waals surface area contributed by atoms with E-state index in [1.165, 1.54) is 141 Å². The molecular formula is C31H56K2O4. The molecule has 0 aromatic heterocycles. The van der Waals surface area contributed by atoms with Crippen molar-refractivity contribution in [1.82, 2.24) is 0 Å². The minimum absolute atomic E-state index is 0. The zero-order valence-electron chi connectivity index (χ0n) is 25.0. The molecule has 0 rings (SSSR count). The van der Waals surface area contributed by atoms with Crippen LogP contribution in [0.5, 0.6) is 0 Å². The standard InChI is InChI=1S/C31H58O4.2K/c1-2-3-4-5-6-7-8-9-10-11-12-13-14-15-16-17-18-19-20-21-22-23-24-25-26-27-29(31(34)35)28-30(32)33;;/h26-27,29H,2-25,28H2,1H3,(H,32,33)(H,34,35);;/q;2*+1/p-2/b27-26+;;. The van der Waals surface area contributed by atoms with E-state index in [1.807, 2.05) is 0 Å². The van der Waals surface area contributed by atoms with Gasteiger partial charge in [-0.05, 0) is 19.3 Å². The van der Waals surface area contributed by atoms with Crippen LogP contribution in [0.15, 0.2) is 12.2 Å². The molecule has 0 amide bonds. The van der Waals surface area contributed by atoms with Gasteiger partial charge in [-0.3, -0.25) is 0 Å². The Kier molecular flexibility index (Phi) is 42.2. The van der Waals surface area contributed by atoms with E-state index in [9.17, 15) is 19.8 Å². The van der Waals surface area contributed by atoms with Gasteiger partial charge in [0.15, 0.2) is 0 Å². The summed E-state index contributed by atoms with van der Waals surface area (Å²) in [4.78, 5) is 21.4. The smallest absolute Gasteiger partial charge is 0.550 e. The van der Waals surface area contributed by atoms with Crippen molar-refractivity contribution in [3.8, 4) is 0 Å². The molecule has 0 saturated carbocycles. The van der Waals surface area contributed by atoms with E-state index < -0.39 is 24.3 Å². The molecule has 0 radical (unpaired) electrons. The van der Waals surface area contributed by atoms with E-state index in [4.69, 9.17) is 0 Å². The van der Waals surface area contributed by atoms with Crippen molar-refractivity contribution in [2.75, 3.05) is 0 Å². The van der Waals surface area contributed by atoms with Crippen molar-refractivity contribution in [3.05, 3.63) is 12.2 Å². The molecule has 4 nitrogen and oxygen atoms in total. The summed E-state index contributed by atoms with van der Waals surface area (Å²) in [5.74, 6) is -3.79. The zero-order chi connectivity index (χ0) is 25.8. The number of carbonyl (C=O) groups excluding carboxylic acids is 2. The summed E-state index contributed by atoms with van der Waals surface area (Å²) in [6, 6.07) is 0. The number of carboxylic acids is 2. The summed E-state index contributed by atoms with van der Waals surface area (Å²) in [7, 11) is 0. The van der Waals surface area contributed by atoms with Crippen LogP contribution in [0, 0.1) is 5.92 Å². The number of unbranched alkanes of at least 4 members (excludes halogenated alkanes) is 23. The minimum atomic E-state index is -1.36. The Morgan fingerprint density at radius 1 is 0.541 bits per heavy atom. The summed E-state index contributed by atoms with van der Waals surface area (Å²) < 4.78 is 0. The molecule has 6 heteroatoms. The fourth-order valence-corrected chi connectivity index (χ4v) is 4.72. The molecule has 1 unspecified atom stereocenters. The predicted molar refractivity (Wildman–Crippen MR) is 144 cm³/mol. The average Bonchev–Trinajstić information content (AvgIpc) is 2.83. The van der Waals surface area contributed by atoms with Crippen LogP contribution in [0.1, 0.15) is 167 Å². The molecule has 1 atom stereocenters. The van der Waals surface area contributed by atoms with Crippen molar-refractivity contribution in [3.63, 3.8) is 0 Å². The van der Waals surface area contributed by atoms with Crippen molar-refractivity contribution >= 4 is 11.9 Å². The van der Waals surface area contributed by atoms with Crippen LogP contribution in [0.25, 0.3) is 0 Å². The van der Waals surface area contributed by atoms with Gasteiger partial charge >= 0.3 is 103 Å². The molecule has 0 aliphatic rings. The largest absolute Gasteiger partial charge is 1.00 e. The number of hydrogen-bond acceptors (Lipinski definition) is 4. The average molecular weight is 571 g/mol. The van der Waals surface area contributed by atoms with Crippen LogP contribution < -0.4 is 113 Å². The van der Waals surface area contributed by atoms with Gasteiger partial charge in [0.2, 0.25) is 0 Å². The third-order valence-corrected chi connectivity index (χ3v) is 7.03. The van der Waals surface area contributed by atoms with E-state index in [0.717, 1.165) is 19.3 Å². The number of allylic oxidation sites excluding steroid dienone is 1. The third kappa shape index (κ3) is 35.9. The molecule has 0 heterocycles. The van der Waals surface area contributed by atoms with Gasteiger partial charge in [0.1, 0.15) is 0 Å². The fraction of sp³-hybridized carbons (Fsp3) is 0.871. The number of aliphatic carboxylic acids is 2. The second kappa shape index (κ2) is 36.0. The van der Waals surface area contributed by atoms with Gasteiger partial charge in [0, 0.05) is 17.9 Å². The van der Waals surface area contributed by atoms with Gasteiger partial charge in [-0.15, -0.1) is 0 Å². The first kappa shape index (κ1) is 43.4. The molecule has 0 aliphatic carbocycles. The van der Waals surface area contributed by atoms with Crippen molar-refractivity contribution in [2.24, 2.45) is 5.92 Å². The van der Waals surface area contributed by atoms with Gasteiger partial charge in [-0.25, -0.2) is 0 Å². The quantitative estimate of drug-likeness (QED) is 0.0810. The Morgan fingerprint density at radius 2 is 0.838 bits per heavy atom. The van der Waals surface area contributed by atoms with Crippen LogP contribution in [0.3, 0.4) is 0 Å². The Labute approximate surface area is 315 Å². The number of rotatable bonds is 28. The van der Waals surface area contributed by atoms with Gasteiger partial charge < -0.3 is 19.8 Å². The van der Waals surface area contributed by atoms with Crippen molar-refractivity contribution < 1.29 is 123 Å². The van der Waals surface area contributed by atoms with Gasteiger partial charge in [-0.1, -0.05) is 160 Å². The summed E-state index contributed by atoms with van der Waals surface area (Å²) in [6.07, 6.45) is 34.9. The van der Waals surface area contributed by atoms with Crippen molar-refractivity contribution in [2.45, 2.75) is 167 Å². The Morgan fingerprint density at radius 3 is 1.11 bits per heavy atom. The Balaban J connectivity index is -0.00000578. The summed E-state index contributed by atoms with van der Waals surface area (Å²) in [5, 5.41) is 21.4. The van der Waals surface area contributed by atoms with Gasteiger partial charge in [0.05, 0.1) is 0 Å². The first-order valence-electron chi connectivity index (χ1n) is 15.1. The van der Waals surface area contributed by atoms with Crippen LogP contribution in [0.4, 0.5) is 0 Å². The van der Waals surface area contributed by atoms with E-state index in [0.29, 0.717) is 0 Å². The molecule has 37 heavy (non-hydrogen) atoms. The summed E-state index contributed by atoms with van der Waals surface area (Å²) >= 11 is 0. The molecule has 0 aromatic rings. The Bertz CT molecular complexity index is 511. The van der Waals surface area contributed by atoms with E-state index in [1.54, 1.807) is 6.08 Å². The zero-order valence-corrected chi connectivity index (χ0v) is 31.3. The van der Waals surface area contributed by atoms with Gasteiger partial charge in [-0.2, -0.15) is 0 Å². The van der Waals surface area contributed by atoms with Crippen LogP contribution in [-0.4, -0.2) is 11.9 Å². The molecule has 0 aliphatic heterocycles. The molecule has 0 spiro atoms. The topological polar surface area (TPSA) is 80.3 Å². The minimum Gasteiger partial charge on any atom is -0.550 e. The fourth-order valence-electron chi connectivity index (χ4n) is 4.72. The molecule has 206 valence electrons. The maximum Gasteiger partial charge on any atom is 1.00 e. The number of hydrogen-bond donors (Lipinski definition) is 0. The summed E-state index contributed by atoms with van der Waals surface area (Å²) in [6.45, 7) is 2.28. The van der Waals surface area contributed by atoms with Gasteiger partial charge in [0.25, 0.3) is 0 Å². The first-order chi connectivity index (χ1) is 17.1. The Hall–Kier alpha value is 1.95. The second-order valence-corrected chi connectivity index (χ2v) is 10.5. The van der Waals surface area contributed by atoms with Crippen LogP contribution in [0.2, 0.25) is 0 Å². The number of carboxylic acid groups (broad SMARTS) is 2. The second-order valence-electron chi connectivity index (χ2n) is 10.5. The normalized spacial score (nSPS) is 11.7. The molecule has 0 bridgehead atoms. The van der Waals surface area contributed by atoms with E-state index in [-0.39, 0.29) is 103 Å². The number of carbonyl (C=O) groups is 2. The third-order valence-electron chi connectivity index (χ3n) is 7.03. The molecule has 0 fully saturated rings. The predicted octanol–water partition coefficient (Wildman–Crippen LogP) is 1.44. The molecule has 0 saturated heterocycles. The van der Waals surface area contributed by atoms with Crippen LogP contribution >= 0.6 is 0 Å². The van der Waals surface area contributed by atoms with E-state index >= 15 is 0 Å². The SMILES string of the molecule is CCCCCCCCCCCCCCCCCCCCCCCCC/C=C/C(CC(=O)[O-])C(=O)[O-].[K+].[K+]. The maximum atomic E-state index is 10.8. The molecule has 0 aromatic carbocycles. The van der Waals surface area contributed by atoms with Crippen molar-refractivity contribution in [1.29, 1.82) is 0 Å². The maximum absolute atomic E-state index is 10.8. The summed E-state index contributed by atoms with van der Waals surface area (Å²) in [5.41, 5.74) is 0. The van der Waals surface area contributed by atoms with Crippen LogP contribution in [-0.2, 0) is 9.59 Å². The molecular weight excluding hydrogens is 515 g/mol. The van der Waals surface area contributed by atoms with E-state index in [2.05, 4.69) is 6.92 Å². The first-order valence-corrected chi connectivity index (χ1v) is 15.1. The monoisotopic (exact) mass is 570 g/mol. The molecule has 0 N–H and O–H groups in total.